The maximum absolute atomic E-state index is 11.8. The third-order valence-electron chi connectivity index (χ3n) is 8.56. The van der Waals surface area contributed by atoms with Gasteiger partial charge in [-0.2, -0.15) is 5.26 Å². The van der Waals surface area contributed by atoms with Crippen molar-refractivity contribution in [2.24, 2.45) is 11.3 Å². The molecule has 3 heterocycles. The molecule has 228 valence electrons. The van der Waals surface area contributed by atoms with Crippen LogP contribution in [0.15, 0.2) is 30.5 Å². The zero-order valence-corrected chi connectivity index (χ0v) is 25.7. The molecule has 1 saturated heterocycles. The molecule has 9 heteroatoms. The topological polar surface area (TPSA) is 118 Å². The molecular weight excluding hydrogens is 530 g/mol. The largest absolute Gasteiger partial charge is 0.464 e. The van der Waals surface area contributed by atoms with Crippen LogP contribution in [0.4, 0.5) is 5.82 Å². The lowest BCUT2D eigenvalue weighted by molar-refractivity contribution is -0.155. The quantitative estimate of drug-likeness (QED) is 0.308. The minimum Gasteiger partial charge on any atom is -0.464 e. The van der Waals surface area contributed by atoms with Crippen LogP contribution < -0.4 is 10.6 Å². The molecule has 1 aliphatic carbocycles. The molecule has 2 N–H and O–H groups in total. The fourth-order valence-corrected chi connectivity index (χ4v) is 5.88. The highest BCUT2D eigenvalue weighted by molar-refractivity contribution is 5.74. The molecule has 0 amide bonds. The van der Waals surface area contributed by atoms with Crippen molar-refractivity contribution in [1.82, 2.24) is 15.3 Å². The maximum Gasteiger partial charge on any atom is 0.334 e. The van der Waals surface area contributed by atoms with Crippen LogP contribution in [0.5, 0.6) is 0 Å². The predicted octanol–water partition coefficient (Wildman–Crippen LogP) is 5.23. The van der Waals surface area contributed by atoms with Crippen molar-refractivity contribution in [3.8, 4) is 17.3 Å². The Morgan fingerprint density at radius 3 is 2.69 bits per heavy atom. The highest BCUT2D eigenvalue weighted by Gasteiger charge is 2.32. The normalized spacial score (nSPS) is 21.6. The summed E-state index contributed by atoms with van der Waals surface area (Å²) in [4.78, 5) is 21.4. The number of carbonyl (C=O) groups excluding carboxylic acids is 1. The summed E-state index contributed by atoms with van der Waals surface area (Å²) in [7, 11) is 0. The van der Waals surface area contributed by atoms with Gasteiger partial charge in [0.2, 0.25) is 0 Å². The van der Waals surface area contributed by atoms with E-state index in [1.165, 1.54) is 0 Å². The summed E-state index contributed by atoms with van der Waals surface area (Å²) in [5, 5.41) is 16.9. The van der Waals surface area contributed by atoms with Gasteiger partial charge in [-0.1, -0.05) is 6.07 Å². The van der Waals surface area contributed by atoms with Crippen LogP contribution in [0.2, 0.25) is 0 Å². The van der Waals surface area contributed by atoms with E-state index in [0.717, 1.165) is 73.3 Å². The lowest BCUT2D eigenvalue weighted by Gasteiger charge is -2.31. The number of nitrogens with one attached hydrogen (secondary N) is 2. The standard InChI is InChI=1S/C33H47N5O4/c1-5-41-32(39)25(4)42-20-24(3)37-27-11-9-26(10-12-27)17-28-18-29(23(2)19-35-28)30-7-6-8-31(38-30)36-22-33(21-34)13-15-40-16-14-33/h6-8,18-19,24-27,37H,5,9-17,20,22H2,1-4H3,(H,36,38)/t24-,25+,26?,27?/m0/s1. The SMILES string of the molecule is CCOC(=O)[C@@H](C)OC[C@H](C)NC1CCC(Cc2cc(-c3cccc(NCC4(C#N)CCOCC4)n3)c(C)cn2)CC1. The number of nitrogens with zero attached hydrogens (tertiary/aromatic N) is 3. The Bertz CT molecular complexity index is 1200. The van der Waals surface area contributed by atoms with Crippen LogP contribution in [-0.2, 0) is 25.4 Å². The average Bonchev–Trinajstić information content (AvgIpc) is 3.01. The lowest BCUT2D eigenvalue weighted by atomic mass is 9.82. The molecule has 1 saturated carbocycles. The Morgan fingerprint density at radius 2 is 1.98 bits per heavy atom. The molecule has 2 aliphatic rings. The third-order valence-corrected chi connectivity index (χ3v) is 8.56. The van der Waals surface area contributed by atoms with Gasteiger partial charge in [0, 0.05) is 49.3 Å². The van der Waals surface area contributed by atoms with Gasteiger partial charge in [0.1, 0.15) is 5.82 Å². The summed E-state index contributed by atoms with van der Waals surface area (Å²) in [5.74, 6) is 1.08. The van der Waals surface area contributed by atoms with Crippen molar-refractivity contribution in [2.75, 3.05) is 38.3 Å². The van der Waals surface area contributed by atoms with Crippen LogP contribution in [0.3, 0.4) is 0 Å². The van der Waals surface area contributed by atoms with Gasteiger partial charge in [0.15, 0.2) is 6.10 Å². The fourth-order valence-electron chi connectivity index (χ4n) is 5.88. The van der Waals surface area contributed by atoms with Gasteiger partial charge in [-0.3, -0.25) is 4.98 Å². The van der Waals surface area contributed by atoms with E-state index in [9.17, 15) is 10.1 Å². The Balaban J connectivity index is 1.28. The summed E-state index contributed by atoms with van der Waals surface area (Å²) < 4.78 is 16.2. The Morgan fingerprint density at radius 1 is 1.21 bits per heavy atom. The number of carbonyl (C=O) groups is 1. The van der Waals surface area contributed by atoms with E-state index in [1.54, 1.807) is 13.8 Å². The first-order valence-corrected chi connectivity index (χ1v) is 15.5. The first kappa shape index (κ1) is 31.9. The minimum absolute atomic E-state index is 0.171. The minimum atomic E-state index is -0.543. The number of anilines is 1. The van der Waals surface area contributed by atoms with Gasteiger partial charge in [-0.05, 0) is 102 Å². The number of nitriles is 1. The molecule has 0 spiro atoms. The van der Waals surface area contributed by atoms with Gasteiger partial charge in [-0.25, -0.2) is 9.78 Å². The van der Waals surface area contributed by atoms with Crippen LogP contribution >= 0.6 is 0 Å². The van der Waals surface area contributed by atoms with Gasteiger partial charge < -0.3 is 24.8 Å². The van der Waals surface area contributed by atoms with Gasteiger partial charge >= 0.3 is 5.97 Å². The van der Waals surface area contributed by atoms with Gasteiger partial charge in [0.05, 0.1) is 30.4 Å². The first-order chi connectivity index (χ1) is 20.3. The highest BCUT2D eigenvalue weighted by Crippen LogP contribution is 2.31. The summed E-state index contributed by atoms with van der Waals surface area (Å²) in [6.07, 6.45) is 8.40. The molecule has 2 fully saturated rings. The smallest absolute Gasteiger partial charge is 0.334 e. The molecular formula is C33H47N5O4. The number of ether oxygens (including phenoxy) is 3. The molecule has 1 aliphatic heterocycles. The fraction of sp³-hybridized carbons (Fsp3) is 0.636. The number of aryl methyl sites for hydroxylation is 1. The van der Waals surface area contributed by atoms with Crippen LogP contribution in [0, 0.1) is 29.6 Å². The second-order valence-electron chi connectivity index (χ2n) is 12.0. The van der Waals surface area contributed by atoms with Crippen LogP contribution in [0.25, 0.3) is 11.3 Å². The number of pyridine rings is 2. The van der Waals surface area contributed by atoms with Crippen LogP contribution in [0.1, 0.15) is 70.6 Å². The van der Waals surface area contributed by atoms with E-state index < -0.39 is 11.5 Å². The number of hydrogen-bond donors (Lipinski definition) is 2. The Hall–Kier alpha value is -3.06. The molecule has 4 rings (SSSR count). The van der Waals surface area contributed by atoms with Crippen molar-refractivity contribution in [3.63, 3.8) is 0 Å². The van der Waals surface area contributed by atoms with Crippen molar-refractivity contribution in [2.45, 2.75) is 90.8 Å². The van der Waals surface area contributed by atoms with Gasteiger partial charge in [-0.15, -0.1) is 0 Å². The number of esters is 1. The highest BCUT2D eigenvalue weighted by atomic mass is 16.6. The zero-order chi connectivity index (χ0) is 30.0. The third kappa shape index (κ3) is 8.97. The molecule has 0 aromatic carbocycles. The predicted molar refractivity (Wildman–Crippen MR) is 163 cm³/mol. The maximum atomic E-state index is 11.8. The zero-order valence-electron chi connectivity index (χ0n) is 25.7. The molecule has 9 nitrogen and oxygen atoms in total. The Kier molecular flexibility index (Phi) is 11.7. The van der Waals surface area contributed by atoms with Crippen molar-refractivity contribution < 1.29 is 19.0 Å². The van der Waals surface area contributed by atoms with Crippen molar-refractivity contribution in [1.29, 1.82) is 5.26 Å². The average molecular weight is 578 g/mol. The van der Waals surface area contributed by atoms with Crippen molar-refractivity contribution in [3.05, 3.63) is 41.7 Å². The van der Waals surface area contributed by atoms with E-state index in [1.807, 2.05) is 24.4 Å². The first-order valence-electron chi connectivity index (χ1n) is 15.5. The lowest BCUT2D eigenvalue weighted by Crippen LogP contribution is -2.42. The summed E-state index contributed by atoms with van der Waals surface area (Å²) in [5.41, 5.74) is 3.82. The molecule has 2 aromatic heterocycles. The second kappa shape index (κ2) is 15.4. The van der Waals surface area contributed by atoms with E-state index in [4.69, 9.17) is 24.2 Å². The number of hydrogen-bond acceptors (Lipinski definition) is 9. The second-order valence-corrected chi connectivity index (χ2v) is 12.0. The van der Waals surface area contributed by atoms with E-state index >= 15 is 0 Å². The molecule has 0 unspecified atom stereocenters. The molecule has 42 heavy (non-hydrogen) atoms. The molecule has 2 atom stereocenters. The molecule has 2 aromatic rings. The monoisotopic (exact) mass is 577 g/mol. The summed E-state index contributed by atoms with van der Waals surface area (Å²) in [6, 6.07) is 11.4. The summed E-state index contributed by atoms with van der Waals surface area (Å²) >= 11 is 0. The van der Waals surface area contributed by atoms with E-state index in [-0.39, 0.29) is 12.0 Å². The van der Waals surface area contributed by atoms with Crippen LogP contribution in [-0.4, -0.2) is 67.1 Å². The summed E-state index contributed by atoms with van der Waals surface area (Å²) in [6.45, 7) is 10.4. The number of aromatic nitrogens is 2. The van der Waals surface area contributed by atoms with Crippen molar-refractivity contribution >= 4 is 11.8 Å². The molecule has 0 bridgehead atoms. The molecule has 0 radical (unpaired) electrons. The Labute approximate surface area is 250 Å². The van der Waals surface area contributed by atoms with E-state index in [2.05, 4.69) is 36.6 Å². The van der Waals surface area contributed by atoms with E-state index in [0.29, 0.717) is 44.9 Å². The van der Waals surface area contributed by atoms with Gasteiger partial charge in [0.25, 0.3) is 0 Å². The number of rotatable bonds is 13.